The quantitative estimate of drug-likeness (QED) is 0.610. The molecule has 1 aromatic carbocycles. The van der Waals surface area contributed by atoms with E-state index in [9.17, 15) is 12.8 Å². The van der Waals surface area contributed by atoms with Crippen molar-refractivity contribution < 1.29 is 12.8 Å². The molecule has 0 amide bonds. The molecule has 0 atom stereocenters. The fraction of sp³-hybridized carbons (Fsp3) is 0.417. The molecule has 1 aliphatic carbocycles. The predicted octanol–water partition coefficient (Wildman–Crippen LogP) is 1.30. The number of nitrogens with one attached hydrogen (secondary N) is 1. The summed E-state index contributed by atoms with van der Waals surface area (Å²) in [4.78, 5) is -0.0528. The number of nitrogens with two attached hydrogens (primary N) is 1. The van der Waals surface area contributed by atoms with E-state index in [-0.39, 0.29) is 29.7 Å². The number of nitrogens with zero attached hydrogens (tertiary/aromatic N) is 1. The van der Waals surface area contributed by atoms with Crippen molar-refractivity contribution in [2.75, 3.05) is 6.54 Å². The Morgan fingerprint density at radius 1 is 1.47 bits per heavy atom. The molecule has 3 N–H and O–H groups in total. The van der Waals surface area contributed by atoms with Crippen LogP contribution in [0.4, 0.5) is 4.39 Å². The first-order valence-corrected chi connectivity index (χ1v) is 7.45. The van der Waals surface area contributed by atoms with Gasteiger partial charge < -0.3 is 5.73 Å². The molecule has 0 heterocycles. The van der Waals surface area contributed by atoms with E-state index in [4.69, 9.17) is 11.1 Å². The van der Waals surface area contributed by atoms with Crippen LogP contribution in [-0.2, 0) is 10.0 Å². The molecule has 0 bridgehead atoms. The minimum absolute atomic E-state index is 0.0485. The smallest absolute Gasteiger partial charge is 0.243 e. The Bertz CT molecular complexity index is 584. The molecule has 7 heteroatoms. The first-order chi connectivity index (χ1) is 8.91. The summed E-state index contributed by atoms with van der Waals surface area (Å²) in [6.07, 6.45) is 1.78. The molecular weight excluding hydrogens is 269 g/mol. The number of sulfonamides is 1. The summed E-state index contributed by atoms with van der Waals surface area (Å²) < 4.78 is 39.3. The van der Waals surface area contributed by atoms with Gasteiger partial charge in [0.1, 0.15) is 5.82 Å². The van der Waals surface area contributed by atoms with E-state index in [0.717, 1.165) is 18.9 Å². The maximum atomic E-state index is 13.2. The highest BCUT2D eigenvalue weighted by atomic mass is 32.2. The van der Waals surface area contributed by atoms with Crippen molar-refractivity contribution in [2.24, 2.45) is 5.73 Å². The lowest BCUT2D eigenvalue weighted by atomic mass is 10.4. The normalized spacial score (nSPS) is 15.7. The highest BCUT2D eigenvalue weighted by molar-refractivity contribution is 7.89. The molecule has 0 aromatic heterocycles. The lowest BCUT2D eigenvalue weighted by Crippen LogP contribution is -2.35. The molecule has 0 unspecified atom stereocenters. The molecule has 1 fully saturated rings. The van der Waals surface area contributed by atoms with Crippen molar-refractivity contribution >= 4 is 15.9 Å². The summed E-state index contributed by atoms with van der Waals surface area (Å²) in [6.45, 7) is 0.166. The second-order valence-corrected chi connectivity index (χ2v) is 6.47. The summed E-state index contributed by atoms with van der Waals surface area (Å²) in [7, 11) is -3.71. The monoisotopic (exact) mass is 285 g/mol. The van der Waals surface area contributed by atoms with E-state index in [1.54, 1.807) is 0 Å². The molecule has 2 rings (SSSR count). The van der Waals surface area contributed by atoms with Crippen LogP contribution in [0.5, 0.6) is 0 Å². The van der Waals surface area contributed by atoms with Crippen molar-refractivity contribution in [3.05, 3.63) is 30.1 Å². The van der Waals surface area contributed by atoms with Gasteiger partial charge in [-0.1, -0.05) is 6.07 Å². The van der Waals surface area contributed by atoms with E-state index >= 15 is 0 Å². The van der Waals surface area contributed by atoms with Crippen LogP contribution in [0, 0.1) is 11.2 Å². The average Bonchev–Trinajstić information content (AvgIpc) is 3.13. The zero-order chi connectivity index (χ0) is 14.0. The van der Waals surface area contributed by atoms with Crippen molar-refractivity contribution in [1.82, 2.24) is 4.31 Å². The molecule has 5 nitrogen and oxygen atoms in total. The van der Waals surface area contributed by atoms with Gasteiger partial charge in [0, 0.05) is 19.0 Å². The molecule has 104 valence electrons. The summed E-state index contributed by atoms with van der Waals surface area (Å²) in [5.74, 6) is -0.636. The molecule has 1 aliphatic rings. The molecule has 0 saturated heterocycles. The molecule has 0 spiro atoms. The minimum Gasteiger partial charge on any atom is -0.388 e. The van der Waals surface area contributed by atoms with E-state index in [1.807, 2.05) is 0 Å². The average molecular weight is 285 g/mol. The topological polar surface area (TPSA) is 87.2 Å². The zero-order valence-corrected chi connectivity index (χ0v) is 11.2. The van der Waals surface area contributed by atoms with Gasteiger partial charge in [0.05, 0.1) is 10.7 Å². The minimum atomic E-state index is -3.71. The Hall–Kier alpha value is -1.47. The molecule has 0 aliphatic heterocycles. The summed E-state index contributed by atoms with van der Waals surface area (Å²) in [5.41, 5.74) is 5.27. The third kappa shape index (κ3) is 3.30. The van der Waals surface area contributed by atoms with E-state index in [2.05, 4.69) is 0 Å². The number of hydrogen-bond donors (Lipinski definition) is 2. The number of benzene rings is 1. The molecular formula is C12H16FN3O2S. The highest BCUT2D eigenvalue weighted by Gasteiger charge is 2.37. The lowest BCUT2D eigenvalue weighted by molar-refractivity contribution is 0.412. The highest BCUT2D eigenvalue weighted by Crippen LogP contribution is 2.32. The predicted molar refractivity (Wildman–Crippen MR) is 69.8 cm³/mol. The van der Waals surface area contributed by atoms with Crippen molar-refractivity contribution in [1.29, 1.82) is 5.41 Å². The Kier molecular flexibility index (Phi) is 3.86. The molecule has 1 aromatic rings. The number of amidine groups is 1. The lowest BCUT2D eigenvalue weighted by Gasteiger charge is -2.21. The maximum Gasteiger partial charge on any atom is 0.243 e. The van der Waals surface area contributed by atoms with Crippen molar-refractivity contribution in [3.63, 3.8) is 0 Å². The van der Waals surface area contributed by atoms with E-state index in [1.165, 1.54) is 22.5 Å². The van der Waals surface area contributed by atoms with Gasteiger partial charge in [-0.15, -0.1) is 0 Å². The van der Waals surface area contributed by atoms with Gasteiger partial charge in [0.15, 0.2) is 0 Å². The van der Waals surface area contributed by atoms with Crippen LogP contribution in [0.1, 0.15) is 19.3 Å². The van der Waals surface area contributed by atoms with Gasteiger partial charge in [-0.05, 0) is 31.0 Å². The van der Waals surface area contributed by atoms with Crippen molar-refractivity contribution in [3.8, 4) is 0 Å². The third-order valence-electron chi connectivity index (χ3n) is 2.96. The van der Waals surface area contributed by atoms with Gasteiger partial charge >= 0.3 is 0 Å². The van der Waals surface area contributed by atoms with Gasteiger partial charge in [0.25, 0.3) is 0 Å². The SMILES string of the molecule is N=C(N)CCN(C1CC1)S(=O)(=O)c1cccc(F)c1. The van der Waals surface area contributed by atoms with Crippen LogP contribution in [-0.4, -0.2) is 31.1 Å². The summed E-state index contributed by atoms with van der Waals surface area (Å²) in [5, 5.41) is 7.19. The van der Waals surface area contributed by atoms with Gasteiger partial charge in [-0.3, -0.25) is 5.41 Å². The number of rotatable bonds is 6. The first-order valence-electron chi connectivity index (χ1n) is 6.01. The zero-order valence-electron chi connectivity index (χ0n) is 10.3. The van der Waals surface area contributed by atoms with Crippen LogP contribution in [0.3, 0.4) is 0 Å². The Morgan fingerprint density at radius 3 is 2.68 bits per heavy atom. The number of halogens is 1. The van der Waals surface area contributed by atoms with Crippen LogP contribution >= 0.6 is 0 Å². The van der Waals surface area contributed by atoms with E-state index < -0.39 is 15.8 Å². The van der Waals surface area contributed by atoms with Gasteiger partial charge in [-0.25, -0.2) is 12.8 Å². The summed E-state index contributed by atoms with van der Waals surface area (Å²) >= 11 is 0. The van der Waals surface area contributed by atoms with Crippen LogP contribution in [0.15, 0.2) is 29.2 Å². The standard InChI is InChI=1S/C12H16FN3O2S/c13-9-2-1-3-11(8-9)19(17,18)16(10-4-5-10)7-6-12(14)15/h1-3,8,10H,4-7H2,(H3,14,15). The van der Waals surface area contributed by atoms with Gasteiger partial charge in [0.2, 0.25) is 10.0 Å². The van der Waals surface area contributed by atoms with Crippen molar-refractivity contribution in [2.45, 2.75) is 30.2 Å². The second-order valence-electron chi connectivity index (χ2n) is 4.58. The maximum absolute atomic E-state index is 13.2. The fourth-order valence-corrected chi connectivity index (χ4v) is 3.57. The van der Waals surface area contributed by atoms with Crippen LogP contribution < -0.4 is 5.73 Å². The second kappa shape index (κ2) is 5.26. The molecule has 19 heavy (non-hydrogen) atoms. The van der Waals surface area contributed by atoms with Gasteiger partial charge in [-0.2, -0.15) is 4.31 Å². The summed E-state index contributed by atoms with van der Waals surface area (Å²) in [6, 6.07) is 4.92. The fourth-order valence-electron chi connectivity index (χ4n) is 1.86. The van der Waals surface area contributed by atoms with Crippen LogP contribution in [0.2, 0.25) is 0 Å². The Morgan fingerprint density at radius 2 is 2.16 bits per heavy atom. The van der Waals surface area contributed by atoms with Crippen LogP contribution in [0.25, 0.3) is 0 Å². The Balaban J connectivity index is 2.26. The number of hydrogen-bond acceptors (Lipinski definition) is 3. The largest absolute Gasteiger partial charge is 0.388 e. The Labute approximate surface area is 111 Å². The third-order valence-corrected chi connectivity index (χ3v) is 4.91. The molecule has 0 radical (unpaired) electrons. The van der Waals surface area contributed by atoms with E-state index in [0.29, 0.717) is 0 Å². The first kappa shape index (κ1) is 14.0. The molecule has 1 saturated carbocycles.